The number of nitrogens with two attached hydrogens (primary N) is 1. The van der Waals surface area contributed by atoms with Crippen LogP contribution in [0.4, 0.5) is 4.79 Å². The van der Waals surface area contributed by atoms with Crippen LogP contribution < -0.4 is 21.7 Å². The van der Waals surface area contributed by atoms with E-state index in [9.17, 15) is 19.2 Å². The summed E-state index contributed by atoms with van der Waals surface area (Å²) in [6.07, 6.45) is 6.58. The Morgan fingerprint density at radius 1 is 0.958 bits per heavy atom. The van der Waals surface area contributed by atoms with Crippen molar-refractivity contribution < 1.29 is 19.2 Å². The van der Waals surface area contributed by atoms with E-state index in [4.69, 9.17) is 28.9 Å². The van der Waals surface area contributed by atoms with E-state index in [1.807, 2.05) is 42.2 Å². The van der Waals surface area contributed by atoms with Gasteiger partial charge >= 0.3 is 6.03 Å². The Bertz CT molecular complexity index is 1400. The third-order valence-corrected chi connectivity index (χ3v) is 10.1. The van der Waals surface area contributed by atoms with E-state index in [1.165, 1.54) is 0 Å². The molecule has 2 fully saturated rings. The normalized spacial score (nSPS) is 20.1. The maximum absolute atomic E-state index is 14.3. The summed E-state index contributed by atoms with van der Waals surface area (Å²) < 4.78 is 0. The van der Waals surface area contributed by atoms with Crippen LogP contribution in [0.3, 0.4) is 0 Å². The molecule has 0 saturated carbocycles. The van der Waals surface area contributed by atoms with Crippen molar-refractivity contribution in [1.82, 2.24) is 25.8 Å². The molecule has 0 spiro atoms. The van der Waals surface area contributed by atoms with Gasteiger partial charge in [0.1, 0.15) is 6.04 Å². The second-order valence-electron chi connectivity index (χ2n) is 13.1. The minimum absolute atomic E-state index is 0.0751. The lowest BCUT2D eigenvalue weighted by atomic mass is 9.74. The Labute approximate surface area is 294 Å². The van der Waals surface area contributed by atoms with E-state index in [0.29, 0.717) is 68.5 Å². The van der Waals surface area contributed by atoms with Gasteiger partial charge < -0.3 is 31.5 Å². The molecule has 12 heteroatoms. The number of hydrogen-bond acceptors (Lipinski definition) is 5. The zero-order valence-electron chi connectivity index (χ0n) is 27.9. The third kappa shape index (κ3) is 10.6. The van der Waals surface area contributed by atoms with Crippen LogP contribution in [0.1, 0.15) is 69.4 Å². The standard InChI is InChI=1S/C36H50Cl2N6O4/c1-2-40-34(47)36(23-26-11-5-3-6-12-26)17-10-20-44(25-36)33(46)31(22-27-15-16-29(37)30(38)21-27)42-35(48)41-28-13-9-19-43(24-28)32(45)14-7-4-8-18-39/h3,5-6,11-12,15-16,21,28,31H,2,4,7-10,13-14,17-20,22-25,39H2,1H3,(H,40,47)(H2,41,42,48)/t28?,31?,36-/m0/s1. The molecule has 0 aromatic heterocycles. The van der Waals surface area contributed by atoms with E-state index >= 15 is 0 Å². The quantitative estimate of drug-likeness (QED) is 0.212. The number of carbonyl (C=O) groups is 4. The predicted octanol–water partition coefficient (Wildman–Crippen LogP) is 4.70. The number of likely N-dealkylation sites (tertiary alicyclic amines) is 2. The van der Waals surface area contributed by atoms with Crippen LogP contribution in [-0.2, 0) is 27.2 Å². The Morgan fingerprint density at radius 2 is 1.73 bits per heavy atom. The van der Waals surface area contributed by atoms with E-state index in [1.54, 1.807) is 23.1 Å². The minimum atomic E-state index is -0.923. The van der Waals surface area contributed by atoms with Crippen molar-refractivity contribution in [1.29, 1.82) is 0 Å². The highest BCUT2D eigenvalue weighted by Crippen LogP contribution is 2.35. The largest absolute Gasteiger partial charge is 0.356 e. The molecule has 2 unspecified atom stereocenters. The van der Waals surface area contributed by atoms with Gasteiger partial charge in [0.2, 0.25) is 17.7 Å². The summed E-state index contributed by atoms with van der Waals surface area (Å²) in [6.45, 7) is 4.80. The number of urea groups is 1. The van der Waals surface area contributed by atoms with Crippen molar-refractivity contribution in [3.8, 4) is 0 Å². The van der Waals surface area contributed by atoms with E-state index in [-0.39, 0.29) is 36.7 Å². The summed E-state index contributed by atoms with van der Waals surface area (Å²) >= 11 is 12.5. The number of amides is 5. The fraction of sp³-hybridized carbons (Fsp3) is 0.556. The van der Waals surface area contributed by atoms with Gasteiger partial charge in [0.25, 0.3) is 0 Å². The molecule has 5 amide bonds. The van der Waals surface area contributed by atoms with Gasteiger partial charge in [0, 0.05) is 51.6 Å². The monoisotopic (exact) mass is 700 g/mol. The number of rotatable bonds is 14. The number of carbonyl (C=O) groups excluding carboxylic acids is 4. The highest BCUT2D eigenvalue weighted by atomic mass is 35.5. The molecule has 2 aliphatic heterocycles. The first kappa shape index (κ1) is 37.5. The highest BCUT2D eigenvalue weighted by Gasteiger charge is 2.44. The maximum Gasteiger partial charge on any atom is 0.315 e. The average Bonchev–Trinajstić information content (AvgIpc) is 3.08. The van der Waals surface area contributed by atoms with Gasteiger partial charge in [-0.25, -0.2) is 4.79 Å². The molecule has 0 radical (unpaired) electrons. The fourth-order valence-corrected chi connectivity index (χ4v) is 7.17. The summed E-state index contributed by atoms with van der Waals surface area (Å²) in [4.78, 5) is 57.7. The van der Waals surface area contributed by atoms with Gasteiger partial charge in [-0.3, -0.25) is 14.4 Å². The van der Waals surface area contributed by atoms with Gasteiger partial charge in [-0.15, -0.1) is 0 Å². The van der Waals surface area contributed by atoms with E-state index in [0.717, 1.165) is 43.2 Å². The lowest BCUT2D eigenvalue weighted by molar-refractivity contribution is -0.142. The average molecular weight is 702 g/mol. The third-order valence-electron chi connectivity index (χ3n) is 9.32. The summed E-state index contributed by atoms with van der Waals surface area (Å²) in [6, 6.07) is 13.4. The Hall–Kier alpha value is -3.34. The van der Waals surface area contributed by atoms with Gasteiger partial charge in [0.15, 0.2) is 0 Å². The summed E-state index contributed by atoms with van der Waals surface area (Å²) in [5.41, 5.74) is 6.54. The van der Waals surface area contributed by atoms with Crippen LogP contribution in [-0.4, -0.2) is 84.9 Å². The molecule has 5 N–H and O–H groups in total. The molecule has 3 atom stereocenters. The zero-order valence-corrected chi connectivity index (χ0v) is 29.5. The fourth-order valence-electron chi connectivity index (χ4n) is 6.85. The van der Waals surface area contributed by atoms with Crippen LogP contribution in [0.15, 0.2) is 48.5 Å². The second kappa shape index (κ2) is 18.4. The van der Waals surface area contributed by atoms with Crippen molar-refractivity contribution in [3.63, 3.8) is 0 Å². The van der Waals surface area contributed by atoms with Crippen molar-refractivity contribution in [2.24, 2.45) is 11.1 Å². The molecule has 2 aromatic rings. The minimum Gasteiger partial charge on any atom is -0.356 e. The first-order valence-corrected chi connectivity index (χ1v) is 18.0. The van der Waals surface area contributed by atoms with Crippen LogP contribution in [0.5, 0.6) is 0 Å². The van der Waals surface area contributed by atoms with Gasteiger partial charge in [-0.1, -0.05) is 66.0 Å². The molecule has 2 saturated heterocycles. The Morgan fingerprint density at radius 3 is 2.46 bits per heavy atom. The number of halogens is 2. The van der Waals surface area contributed by atoms with Crippen molar-refractivity contribution in [2.45, 2.75) is 83.2 Å². The molecule has 4 rings (SSSR count). The van der Waals surface area contributed by atoms with Crippen LogP contribution in [0, 0.1) is 5.41 Å². The number of piperidine rings is 2. The van der Waals surface area contributed by atoms with E-state index < -0.39 is 17.5 Å². The van der Waals surface area contributed by atoms with Gasteiger partial charge in [-0.2, -0.15) is 0 Å². The molecule has 2 aliphatic rings. The lowest BCUT2D eigenvalue weighted by Crippen LogP contribution is -2.60. The SMILES string of the molecule is CCNC(=O)[C@]1(Cc2ccccc2)CCCN(C(=O)C(Cc2ccc(Cl)c(Cl)c2)NC(=O)NC2CCCN(C(=O)CCCCCN)C2)C1. The number of unbranched alkanes of at least 4 members (excludes halogenated alkanes) is 2. The van der Waals surface area contributed by atoms with Crippen LogP contribution in [0.2, 0.25) is 10.0 Å². The topological polar surface area (TPSA) is 137 Å². The predicted molar refractivity (Wildman–Crippen MR) is 190 cm³/mol. The first-order chi connectivity index (χ1) is 23.1. The summed E-state index contributed by atoms with van der Waals surface area (Å²) in [5, 5.41) is 9.71. The molecule has 10 nitrogen and oxygen atoms in total. The van der Waals surface area contributed by atoms with E-state index in [2.05, 4.69) is 16.0 Å². The molecular formula is C36H50Cl2N6O4. The first-order valence-electron chi connectivity index (χ1n) is 17.2. The molecule has 0 aliphatic carbocycles. The number of hydrogen-bond donors (Lipinski definition) is 4. The molecular weight excluding hydrogens is 651 g/mol. The van der Waals surface area contributed by atoms with Gasteiger partial charge in [0.05, 0.1) is 15.5 Å². The number of nitrogens with one attached hydrogen (secondary N) is 3. The molecule has 262 valence electrons. The number of benzene rings is 2. The van der Waals surface area contributed by atoms with Crippen molar-refractivity contribution in [2.75, 3.05) is 39.3 Å². The van der Waals surface area contributed by atoms with Gasteiger partial charge in [-0.05, 0) is 81.7 Å². The van der Waals surface area contributed by atoms with Crippen molar-refractivity contribution in [3.05, 3.63) is 69.7 Å². The summed E-state index contributed by atoms with van der Waals surface area (Å²) in [5.74, 6) is -0.257. The lowest BCUT2D eigenvalue weighted by Gasteiger charge is -2.43. The smallest absolute Gasteiger partial charge is 0.315 e. The molecule has 48 heavy (non-hydrogen) atoms. The Kier molecular flexibility index (Phi) is 14.4. The van der Waals surface area contributed by atoms with Crippen LogP contribution >= 0.6 is 23.2 Å². The van der Waals surface area contributed by atoms with Crippen LogP contribution in [0.25, 0.3) is 0 Å². The molecule has 2 aromatic carbocycles. The summed E-state index contributed by atoms with van der Waals surface area (Å²) in [7, 11) is 0. The number of nitrogens with zero attached hydrogens (tertiary/aromatic N) is 2. The zero-order chi connectivity index (χ0) is 34.5. The molecule has 2 heterocycles. The van der Waals surface area contributed by atoms with Crippen molar-refractivity contribution >= 4 is 47.0 Å². The second-order valence-corrected chi connectivity index (χ2v) is 13.9. The highest BCUT2D eigenvalue weighted by molar-refractivity contribution is 6.42. The Balaban J connectivity index is 1.49. The maximum atomic E-state index is 14.3. The molecule has 0 bridgehead atoms.